The van der Waals surface area contributed by atoms with Gasteiger partial charge < -0.3 is 24.9 Å². The van der Waals surface area contributed by atoms with Crippen molar-refractivity contribution in [1.82, 2.24) is 34.7 Å². The minimum atomic E-state index is -1.38. The monoisotopic (exact) mass is 403 g/mol. The summed E-state index contributed by atoms with van der Waals surface area (Å²) >= 11 is 0. The second kappa shape index (κ2) is 6.66. The minimum absolute atomic E-state index is 0.0354. The highest BCUT2D eigenvalue weighted by atomic mass is 19.1. The van der Waals surface area contributed by atoms with Gasteiger partial charge in [-0.2, -0.15) is 14.4 Å². The molecule has 4 heterocycles. The van der Waals surface area contributed by atoms with Crippen LogP contribution in [-0.2, 0) is 4.74 Å². The lowest BCUT2D eigenvalue weighted by molar-refractivity contribution is -0.0511. The number of benzene rings is 1. The van der Waals surface area contributed by atoms with Crippen molar-refractivity contribution in [2.75, 3.05) is 6.61 Å². The maximum absolute atomic E-state index is 14.1. The third kappa shape index (κ3) is 2.79. The second-order valence-corrected chi connectivity index (χ2v) is 6.39. The van der Waals surface area contributed by atoms with Gasteiger partial charge in [-0.3, -0.25) is 4.57 Å². The SMILES string of the molecule is OC[C@H]1O[C@@H](n2cnc3c(On4nnc5ccccc54)nc(F)nc32)[C@H](O)[C@@H]1O. The number of aromatic nitrogens is 7. The zero-order chi connectivity index (χ0) is 20.1. The van der Waals surface area contributed by atoms with Crippen molar-refractivity contribution in [1.29, 1.82) is 0 Å². The van der Waals surface area contributed by atoms with Crippen LogP contribution in [0, 0.1) is 6.08 Å². The first-order valence-corrected chi connectivity index (χ1v) is 8.58. The molecule has 0 spiro atoms. The summed E-state index contributed by atoms with van der Waals surface area (Å²) in [7, 11) is 0. The smallest absolute Gasteiger partial charge is 0.314 e. The maximum atomic E-state index is 14.1. The molecule has 29 heavy (non-hydrogen) atoms. The molecule has 3 aromatic heterocycles. The van der Waals surface area contributed by atoms with E-state index in [1.54, 1.807) is 24.3 Å². The predicted octanol–water partition coefficient (Wildman–Crippen LogP) is -0.836. The van der Waals surface area contributed by atoms with Crippen molar-refractivity contribution < 1.29 is 29.3 Å². The zero-order valence-corrected chi connectivity index (χ0v) is 14.6. The summed E-state index contributed by atoms with van der Waals surface area (Å²) in [4.78, 5) is 18.1. The Bertz CT molecular complexity index is 1200. The van der Waals surface area contributed by atoms with Crippen LogP contribution in [0.25, 0.3) is 22.2 Å². The van der Waals surface area contributed by atoms with Gasteiger partial charge in [-0.1, -0.05) is 17.0 Å². The number of aliphatic hydroxyl groups is 3. The van der Waals surface area contributed by atoms with Crippen LogP contribution in [-0.4, -0.2) is 74.9 Å². The first-order chi connectivity index (χ1) is 14.1. The number of nitrogens with zero attached hydrogens (tertiary/aromatic N) is 7. The van der Waals surface area contributed by atoms with Gasteiger partial charge in [0.2, 0.25) is 0 Å². The average Bonchev–Trinajstić information content (AvgIpc) is 3.39. The summed E-state index contributed by atoms with van der Waals surface area (Å²) in [5.41, 5.74) is 1.13. The molecule has 150 valence electrons. The average molecular weight is 403 g/mol. The Kier molecular flexibility index (Phi) is 4.09. The number of para-hydroxylation sites is 1. The van der Waals surface area contributed by atoms with Crippen LogP contribution in [0.4, 0.5) is 4.39 Å². The van der Waals surface area contributed by atoms with Crippen molar-refractivity contribution in [3.05, 3.63) is 36.7 Å². The van der Waals surface area contributed by atoms with E-state index in [2.05, 4.69) is 25.3 Å². The molecule has 4 aromatic rings. The maximum Gasteiger partial charge on any atom is 0.314 e. The highest BCUT2D eigenvalue weighted by Gasteiger charge is 2.44. The van der Waals surface area contributed by atoms with Crippen LogP contribution in [0.5, 0.6) is 5.88 Å². The number of rotatable bonds is 4. The standard InChI is InChI=1S/C16H14FN7O5/c17-16-19-13-10(18-6-23(13)15-12(27)11(26)9(5-25)28-15)14(20-16)29-24-8-4-2-1-3-7(8)21-22-24/h1-4,6,9,11-12,15,25-27H,5H2/t9-,11-,12-,15-/m1/s1. The Labute approximate surface area is 160 Å². The molecule has 1 fully saturated rings. The van der Waals surface area contributed by atoms with Gasteiger partial charge in [0.25, 0.3) is 5.88 Å². The van der Waals surface area contributed by atoms with Gasteiger partial charge in [-0.05, 0) is 17.3 Å². The third-order valence-electron chi connectivity index (χ3n) is 4.65. The third-order valence-corrected chi connectivity index (χ3v) is 4.65. The zero-order valence-electron chi connectivity index (χ0n) is 14.6. The molecule has 5 rings (SSSR count). The van der Waals surface area contributed by atoms with Crippen LogP contribution in [0.15, 0.2) is 30.6 Å². The molecule has 13 heteroatoms. The van der Waals surface area contributed by atoms with Gasteiger partial charge in [-0.15, -0.1) is 5.10 Å². The van der Waals surface area contributed by atoms with Crippen molar-refractivity contribution >= 4 is 22.2 Å². The van der Waals surface area contributed by atoms with E-state index in [9.17, 15) is 19.7 Å². The van der Waals surface area contributed by atoms with Gasteiger partial charge in [-0.25, -0.2) is 4.98 Å². The molecule has 1 aliphatic heterocycles. The number of fused-ring (bicyclic) bond motifs is 2. The molecule has 0 amide bonds. The number of hydrogen-bond donors (Lipinski definition) is 3. The fourth-order valence-corrected chi connectivity index (χ4v) is 3.22. The molecule has 0 unspecified atom stereocenters. The van der Waals surface area contributed by atoms with Gasteiger partial charge in [0, 0.05) is 0 Å². The Morgan fingerprint density at radius 2 is 2.00 bits per heavy atom. The predicted molar refractivity (Wildman–Crippen MR) is 91.8 cm³/mol. The molecule has 4 atom stereocenters. The van der Waals surface area contributed by atoms with Crippen molar-refractivity contribution in [3.63, 3.8) is 0 Å². The van der Waals surface area contributed by atoms with E-state index in [0.717, 1.165) is 4.85 Å². The first kappa shape index (κ1) is 17.8. The number of aliphatic hydroxyl groups excluding tert-OH is 3. The molecule has 0 bridgehead atoms. The lowest BCUT2D eigenvalue weighted by Crippen LogP contribution is -2.33. The van der Waals surface area contributed by atoms with Gasteiger partial charge in [0.15, 0.2) is 17.4 Å². The topological polar surface area (TPSA) is 153 Å². The molecule has 0 aliphatic carbocycles. The van der Waals surface area contributed by atoms with Gasteiger partial charge >= 0.3 is 6.08 Å². The summed E-state index contributed by atoms with van der Waals surface area (Å²) in [5.74, 6) is -0.228. The quantitative estimate of drug-likeness (QED) is 0.368. The van der Waals surface area contributed by atoms with Crippen LogP contribution >= 0.6 is 0 Å². The first-order valence-electron chi connectivity index (χ1n) is 8.58. The van der Waals surface area contributed by atoms with Crippen LogP contribution in [0.2, 0.25) is 0 Å². The van der Waals surface area contributed by atoms with Crippen LogP contribution in [0.1, 0.15) is 6.23 Å². The molecule has 0 saturated carbocycles. The summed E-state index contributed by atoms with van der Waals surface area (Å²) in [5, 5.41) is 37.2. The van der Waals surface area contributed by atoms with E-state index in [1.807, 2.05) is 0 Å². The summed E-state index contributed by atoms with van der Waals surface area (Å²) in [6.45, 7) is -0.502. The van der Waals surface area contributed by atoms with Crippen molar-refractivity contribution in [3.8, 4) is 5.88 Å². The van der Waals surface area contributed by atoms with Gasteiger partial charge in [0.05, 0.1) is 12.9 Å². The van der Waals surface area contributed by atoms with Crippen LogP contribution < -0.4 is 4.84 Å². The van der Waals surface area contributed by atoms with Crippen LogP contribution in [0.3, 0.4) is 0 Å². The molecule has 3 N–H and O–H groups in total. The normalized spacial score (nSPS) is 24.6. The number of ether oxygens (including phenoxy) is 1. The van der Waals surface area contributed by atoms with E-state index in [-0.39, 0.29) is 17.0 Å². The molecule has 12 nitrogen and oxygen atoms in total. The van der Waals surface area contributed by atoms with E-state index >= 15 is 0 Å². The molecule has 1 saturated heterocycles. The molecular weight excluding hydrogens is 389 g/mol. The molecule has 1 aliphatic rings. The Morgan fingerprint density at radius 1 is 1.17 bits per heavy atom. The molecule has 1 aromatic carbocycles. The molecular formula is C16H14FN7O5. The lowest BCUT2D eigenvalue weighted by atomic mass is 10.1. The van der Waals surface area contributed by atoms with Crippen molar-refractivity contribution in [2.45, 2.75) is 24.5 Å². The van der Waals surface area contributed by atoms with E-state index in [0.29, 0.717) is 11.0 Å². The number of hydrogen-bond acceptors (Lipinski definition) is 10. The number of imidazole rings is 1. The Hall–Kier alpha value is -3.26. The van der Waals surface area contributed by atoms with E-state index in [4.69, 9.17) is 9.57 Å². The van der Waals surface area contributed by atoms with Crippen molar-refractivity contribution in [2.24, 2.45) is 0 Å². The fraction of sp³-hybridized carbons (Fsp3) is 0.312. The summed E-state index contributed by atoms with van der Waals surface area (Å²) < 4.78 is 20.8. The number of halogens is 1. The highest BCUT2D eigenvalue weighted by molar-refractivity contribution is 5.77. The highest BCUT2D eigenvalue weighted by Crippen LogP contribution is 2.32. The minimum Gasteiger partial charge on any atom is -0.394 e. The van der Waals surface area contributed by atoms with E-state index in [1.165, 1.54) is 10.9 Å². The Balaban J connectivity index is 1.57. The van der Waals surface area contributed by atoms with E-state index < -0.39 is 37.2 Å². The van der Waals surface area contributed by atoms with Gasteiger partial charge in [0.1, 0.15) is 29.3 Å². The largest absolute Gasteiger partial charge is 0.394 e. The summed E-state index contributed by atoms with van der Waals surface area (Å²) in [6, 6.07) is 6.99. The second-order valence-electron chi connectivity index (χ2n) is 6.39. The Morgan fingerprint density at radius 3 is 2.79 bits per heavy atom. The fourth-order valence-electron chi connectivity index (χ4n) is 3.22. The lowest BCUT2D eigenvalue weighted by Gasteiger charge is -2.16. The summed E-state index contributed by atoms with van der Waals surface area (Å²) in [6.07, 6.45) is -4.72. The molecule has 0 radical (unpaired) electrons.